The van der Waals surface area contributed by atoms with Gasteiger partial charge in [0.25, 0.3) is 5.91 Å². The van der Waals surface area contributed by atoms with Gasteiger partial charge in [-0.2, -0.15) is 13.2 Å². The number of nitrogens with zero attached hydrogens (tertiary/aromatic N) is 1. The van der Waals surface area contributed by atoms with Crippen molar-refractivity contribution in [3.8, 4) is 0 Å². The van der Waals surface area contributed by atoms with Crippen LogP contribution in [-0.4, -0.2) is 42.5 Å². The van der Waals surface area contributed by atoms with Gasteiger partial charge in [-0.15, -0.1) is 0 Å². The van der Waals surface area contributed by atoms with E-state index < -0.39 is 23.9 Å². The van der Waals surface area contributed by atoms with E-state index in [1.807, 2.05) is 0 Å². The predicted molar refractivity (Wildman–Crippen MR) is 79.1 cm³/mol. The summed E-state index contributed by atoms with van der Waals surface area (Å²) in [5, 5.41) is 2.79. The van der Waals surface area contributed by atoms with Crippen molar-refractivity contribution in [1.29, 1.82) is 0 Å². The summed E-state index contributed by atoms with van der Waals surface area (Å²) in [4.78, 5) is 25.0. The second-order valence-electron chi connectivity index (χ2n) is 5.41. The molecule has 1 N–H and O–H groups in total. The number of carbonyl (C=O) groups is 2. The van der Waals surface area contributed by atoms with Crippen molar-refractivity contribution in [3.63, 3.8) is 0 Å². The average molecular weight is 349 g/mol. The van der Waals surface area contributed by atoms with Gasteiger partial charge < -0.3 is 10.2 Å². The number of amides is 2. The number of hydrogen-bond donors (Lipinski definition) is 1. The van der Waals surface area contributed by atoms with E-state index in [1.54, 1.807) is 12.1 Å². The van der Waals surface area contributed by atoms with Gasteiger partial charge in [0.05, 0.1) is 12.5 Å². The highest BCUT2D eigenvalue weighted by Crippen LogP contribution is 2.33. The summed E-state index contributed by atoms with van der Waals surface area (Å²) in [6.07, 6.45) is -3.97. The zero-order valence-electron chi connectivity index (χ0n) is 12.2. The summed E-state index contributed by atoms with van der Waals surface area (Å²) in [6.45, 7) is -0.413. The molecule has 0 aliphatic carbocycles. The Labute approximate surface area is 136 Å². The molecule has 1 heterocycles. The molecule has 0 saturated carbocycles. The Morgan fingerprint density at radius 2 is 2.09 bits per heavy atom. The minimum Gasteiger partial charge on any atom is -0.343 e. The largest absolute Gasteiger partial charge is 0.393 e. The number of rotatable bonds is 3. The summed E-state index contributed by atoms with van der Waals surface area (Å²) in [5.74, 6) is -2.51. The monoisotopic (exact) mass is 348 g/mol. The fraction of sp³-hybridized carbons (Fsp3) is 0.467. The van der Waals surface area contributed by atoms with Gasteiger partial charge in [-0.3, -0.25) is 9.59 Å². The van der Waals surface area contributed by atoms with E-state index in [9.17, 15) is 22.8 Å². The molecule has 0 radical (unpaired) electrons. The maximum Gasteiger partial charge on any atom is 0.393 e. The minimum atomic E-state index is -4.30. The van der Waals surface area contributed by atoms with Gasteiger partial charge in [0.15, 0.2) is 0 Å². The lowest BCUT2D eigenvalue weighted by atomic mass is 9.97. The maximum absolute atomic E-state index is 12.7. The van der Waals surface area contributed by atoms with E-state index in [0.717, 1.165) is 4.90 Å². The van der Waals surface area contributed by atoms with E-state index >= 15 is 0 Å². The van der Waals surface area contributed by atoms with Crippen LogP contribution in [0.15, 0.2) is 24.3 Å². The first kappa shape index (κ1) is 17.6. The first-order valence-electron chi connectivity index (χ1n) is 7.15. The minimum absolute atomic E-state index is 0.0299. The number of piperidine rings is 1. The molecule has 1 aromatic carbocycles. The molecule has 0 aromatic heterocycles. The summed E-state index contributed by atoms with van der Waals surface area (Å²) in [5.41, 5.74) is 0.289. The van der Waals surface area contributed by atoms with Crippen molar-refractivity contribution in [1.82, 2.24) is 10.2 Å². The van der Waals surface area contributed by atoms with Crippen LogP contribution in [0.3, 0.4) is 0 Å². The summed E-state index contributed by atoms with van der Waals surface area (Å²) >= 11 is 5.77. The van der Waals surface area contributed by atoms with E-state index in [4.69, 9.17) is 11.6 Å². The molecular weight excluding hydrogens is 333 g/mol. The van der Waals surface area contributed by atoms with Crippen molar-refractivity contribution in [2.45, 2.75) is 19.0 Å². The zero-order valence-corrected chi connectivity index (χ0v) is 13.0. The third-order valence-corrected chi connectivity index (χ3v) is 3.96. The Hall–Kier alpha value is -1.76. The number of likely N-dealkylation sites (tertiary alicyclic amines) is 1. The van der Waals surface area contributed by atoms with E-state index in [0.29, 0.717) is 11.4 Å². The van der Waals surface area contributed by atoms with Gasteiger partial charge in [-0.25, -0.2) is 0 Å². The highest BCUT2D eigenvalue weighted by atomic mass is 35.5. The van der Waals surface area contributed by atoms with Gasteiger partial charge >= 0.3 is 6.18 Å². The smallest absolute Gasteiger partial charge is 0.343 e. The Morgan fingerprint density at radius 1 is 1.35 bits per heavy atom. The average Bonchev–Trinajstić information content (AvgIpc) is 2.51. The quantitative estimate of drug-likeness (QED) is 0.913. The number of benzene rings is 1. The first-order valence-corrected chi connectivity index (χ1v) is 7.53. The van der Waals surface area contributed by atoms with E-state index in [2.05, 4.69) is 5.32 Å². The predicted octanol–water partition coefficient (Wildman–Crippen LogP) is 2.87. The van der Waals surface area contributed by atoms with Gasteiger partial charge in [-0.1, -0.05) is 17.7 Å². The fourth-order valence-corrected chi connectivity index (χ4v) is 2.66. The lowest BCUT2D eigenvalue weighted by Gasteiger charge is -2.33. The van der Waals surface area contributed by atoms with Crippen LogP contribution >= 0.6 is 11.6 Å². The van der Waals surface area contributed by atoms with Crippen LogP contribution in [-0.2, 0) is 4.79 Å². The summed E-state index contributed by atoms with van der Waals surface area (Å²) in [7, 11) is 0. The normalized spacial score (nSPS) is 18.6. The molecule has 1 aliphatic heterocycles. The lowest BCUT2D eigenvalue weighted by molar-refractivity contribution is -0.187. The van der Waals surface area contributed by atoms with Crippen LogP contribution < -0.4 is 5.32 Å². The van der Waals surface area contributed by atoms with Crippen molar-refractivity contribution >= 4 is 23.4 Å². The molecule has 1 aliphatic rings. The van der Waals surface area contributed by atoms with Crippen molar-refractivity contribution in [3.05, 3.63) is 34.9 Å². The first-order chi connectivity index (χ1) is 10.8. The number of hydrogen-bond acceptors (Lipinski definition) is 2. The van der Waals surface area contributed by atoms with Crippen LogP contribution in [0.5, 0.6) is 0 Å². The maximum atomic E-state index is 12.7. The highest BCUT2D eigenvalue weighted by Gasteiger charge is 2.42. The second-order valence-corrected chi connectivity index (χ2v) is 5.85. The lowest BCUT2D eigenvalue weighted by Crippen LogP contribution is -2.48. The molecule has 126 valence electrons. The van der Waals surface area contributed by atoms with Crippen LogP contribution in [0, 0.1) is 5.92 Å². The molecule has 1 atom stereocenters. The Bertz CT molecular complexity index is 592. The molecule has 0 spiro atoms. The zero-order chi connectivity index (χ0) is 17.0. The van der Waals surface area contributed by atoms with E-state index in [-0.39, 0.29) is 31.6 Å². The number of nitrogens with one attached hydrogen (secondary N) is 1. The Balaban J connectivity index is 1.88. The van der Waals surface area contributed by atoms with Crippen LogP contribution in [0.25, 0.3) is 0 Å². The van der Waals surface area contributed by atoms with Crippen molar-refractivity contribution in [2.75, 3.05) is 19.6 Å². The number of halogens is 4. The molecule has 2 rings (SSSR count). The molecule has 8 heteroatoms. The SMILES string of the molecule is O=C(NCC(=O)N1CCC[C@H](C(F)(F)F)C1)c1cccc(Cl)c1. The molecule has 0 unspecified atom stereocenters. The third-order valence-electron chi connectivity index (χ3n) is 3.72. The molecule has 23 heavy (non-hydrogen) atoms. The summed E-state index contributed by atoms with van der Waals surface area (Å²) < 4.78 is 38.2. The Kier molecular flexibility index (Phi) is 5.51. The molecule has 4 nitrogen and oxygen atoms in total. The van der Waals surface area contributed by atoms with Crippen LogP contribution in [0.4, 0.5) is 13.2 Å². The number of carbonyl (C=O) groups excluding carboxylic acids is 2. The van der Waals surface area contributed by atoms with Crippen LogP contribution in [0.1, 0.15) is 23.2 Å². The Morgan fingerprint density at radius 3 is 2.74 bits per heavy atom. The van der Waals surface area contributed by atoms with E-state index in [1.165, 1.54) is 12.1 Å². The second kappa shape index (κ2) is 7.21. The van der Waals surface area contributed by atoms with Crippen LogP contribution in [0.2, 0.25) is 5.02 Å². The fourth-order valence-electron chi connectivity index (χ4n) is 2.47. The molecule has 0 bridgehead atoms. The van der Waals surface area contributed by atoms with Gasteiger partial charge in [0, 0.05) is 23.7 Å². The standard InChI is InChI=1S/C15H16ClF3N2O2/c16-12-5-1-3-10(7-12)14(23)20-8-13(22)21-6-2-4-11(9-21)15(17,18)19/h1,3,5,7,11H,2,4,6,8-9H2,(H,20,23)/t11-/m0/s1. The van der Waals surface area contributed by atoms with Crippen molar-refractivity contribution in [2.24, 2.45) is 5.92 Å². The molecule has 1 aromatic rings. The summed E-state index contributed by atoms with van der Waals surface area (Å²) in [6, 6.07) is 6.18. The van der Waals surface area contributed by atoms with Gasteiger partial charge in [-0.05, 0) is 31.0 Å². The molecule has 1 saturated heterocycles. The number of alkyl halides is 3. The van der Waals surface area contributed by atoms with Crippen molar-refractivity contribution < 1.29 is 22.8 Å². The highest BCUT2D eigenvalue weighted by molar-refractivity contribution is 6.30. The molecular formula is C15H16ClF3N2O2. The molecule has 2 amide bonds. The third kappa shape index (κ3) is 4.86. The van der Waals surface area contributed by atoms with Gasteiger partial charge in [0.2, 0.25) is 5.91 Å². The topological polar surface area (TPSA) is 49.4 Å². The van der Waals surface area contributed by atoms with Gasteiger partial charge in [0.1, 0.15) is 0 Å². The molecule has 1 fully saturated rings.